The van der Waals surface area contributed by atoms with Gasteiger partial charge in [-0.1, -0.05) is 19.1 Å². The molecule has 2 heterocycles. The number of aromatic nitrogens is 2. The minimum atomic E-state index is -0.298. The van der Waals surface area contributed by atoms with Gasteiger partial charge in [0, 0.05) is 11.8 Å². The highest BCUT2D eigenvalue weighted by Crippen LogP contribution is 2.18. The molecule has 8 heteroatoms. The van der Waals surface area contributed by atoms with Gasteiger partial charge in [0.05, 0.1) is 24.6 Å². The second-order valence-corrected chi connectivity index (χ2v) is 6.85. The first-order valence-corrected chi connectivity index (χ1v) is 9.67. The lowest BCUT2D eigenvalue weighted by Crippen LogP contribution is -2.30. The highest BCUT2D eigenvalue weighted by molar-refractivity contribution is 6.15. The van der Waals surface area contributed by atoms with Crippen molar-refractivity contribution in [1.82, 2.24) is 9.78 Å². The van der Waals surface area contributed by atoms with Crippen molar-refractivity contribution in [1.29, 1.82) is 0 Å². The van der Waals surface area contributed by atoms with E-state index in [1.807, 2.05) is 38.1 Å². The van der Waals surface area contributed by atoms with E-state index in [0.717, 1.165) is 11.3 Å². The van der Waals surface area contributed by atoms with Gasteiger partial charge in [-0.3, -0.25) is 9.59 Å². The third-order valence-corrected chi connectivity index (χ3v) is 4.58. The molecule has 2 aromatic rings. The Labute approximate surface area is 169 Å². The molecule has 0 radical (unpaired) electrons. The summed E-state index contributed by atoms with van der Waals surface area (Å²) in [4.78, 5) is 33.3. The summed E-state index contributed by atoms with van der Waals surface area (Å²) in [6.45, 7) is 8.05. The molecular weight excluding hydrogens is 370 g/mol. The van der Waals surface area contributed by atoms with Crippen LogP contribution in [-0.2, 0) is 16.0 Å². The zero-order valence-corrected chi connectivity index (χ0v) is 17.1. The predicted octanol–water partition coefficient (Wildman–Crippen LogP) is 3.00. The van der Waals surface area contributed by atoms with Gasteiger partial charge in [0.15, 0.2) is 0 Å². The van der Waals surface area contributed by atoms with Gasteiger partial charge in [0.2, 0.25) is 5.91 Å². The molecule has 0 aliphatic carbocycles. The van der Waals surface area contributed by atoms with E-state index in [4.69, 9.17) is 4.74 Å². The molecule has 1 aliphatic heterocycles. The Hall–Kier alpha value is -3.29. The molecule has 8 nitrogen and oxygen atoms in total. The van der Waals surface area contributed by atoms with E-state index in [2.05, 4.69) is 20.4 Å². The minimum absolute atomic E-state index is 0.168. The summed E-state index contributed by atoms with van der Waals surface area (Å²) in [7, 11) is 0. The van der Waals surface area contributed by atoms with Gasteiger partial charge < -0.3 is 10.1 Å². The second-order valence-electron chi connectivity index (χ2n) is 6.85. The van der Waals surface area contributed by atoms with Gasteiger partial charge in [0.25, 0.3) is 11.9 Å². The van der Waals surface area contributed by atoms with E-state index in [0.29, 0.717) is 30.3 Å². The molecule has 0 bridgehead atoms. The third kappa shape index (κ3) is 4.77. The Balaban J connectivity index is 1.75. The largest absolute Gasteiger partial charge is 0.494 e. The number of hydrogen-bond acceptors (Lipinski definition) is 5. The Kier molecular flexibility index (Phi) is 6.21. The summed E-state index contributed by atoms with van der Waals surface area (Å²) in [5.41, 5.74) is 2.24. The van der Waals surface area contributed by atoms with Gasteiger partial charge in [-0.2, -0.15) is 14.8 Å². The van der Waals surface area contributed by atoms with E-state index >= 15 is 0 Å². The van der Waals surface area contributed by atoms with Crippen LogP contribution in [0.4, 0.5) is 5.82 Å². The van der Waals surface area contributed by atoms with E-state index in [-0.39, 0.29) is 30.1 Å². The first-order chi connectivity index (χ1) is 13.9. The molecule has 0 fully saturated rings. The minimum Gasteiger partial charge on any atom is -0.494 e. The normalized spacial score (nSPS) is 16.3. The number of aryl methyl sites for hydroxylation is 1. The van der Waals surface area contributed by atoms with Gasteiger partial charge >= 0.3 is 0 Å². The Morgan fingerprint density at radius 1 is 1.17 bits per heavy atom. The molecule has 2 amide bonds. The zero-order chi connectivity index (χ0) is 21.0. The molecule has 1 unspecified atom stereocenters. The number of nitrogens with zero attached hydrogens (tertiary/aromatic N) is 4. The van der Waals surface area contributed by atoms with Crippen LogP contribution < -0.4 is 10.1 Å². The maximum Gasteiger partial charge on any atom is 0.257 e. The molecule has 152 valence electrons. The van der Waals surface area contributed by atoms with E-state index < -0.39 is 0 Å². The molecule has 0 saturated heterocycles. The Morgan fingerprint density at radius 3 is 2.52 bits per heavy atom. The van der Waals surface area contributed by atoms with Crippen LogP contribution in [0.15, 0.2) is 40.3 Å². The molecule has 0 spiro atoms. The highest BCUT2D eigenvalue weighted by Gasteiger charge is 2.26. The third-order valence-electron chi connectivity index (χ3n) is 4.58. The lowest BCUT2D eigenvalue weighted by atomic mass is 10.00. The van der Waals surface area contributed by atoms with Crippen LogP contribution in [0.5, 0.6) is 5.75 Å². The van der Waals surface area contributed by atoms with Gasteiger partial charge in [-0.15, -0.1) is 0 Å². The second kappa shape index (κ2) is 8.81. The molecule has 1 N–H and O–H groups in total. The molecule has 1 aromatic heterocycles. The van der Waals surface area contributed by atoms with Gasteiger partial charge in [-0.25, -0.2) is 4.99 Å². The number of amides is 2. The molecule has 1 atom stereocenters. The van der Waals surface area contributed by atoms with Crippen molar-refractivity contribution in [2.24, 2.45) is 15.9 Å². The van der Waals surface area contributed by atoms with Crippen molar-refractivity contribution in [3.8, 4) is 5.75 Å². The van der Waals surface area contributed by atoms with Crippen LogP contribution in [0, 0.1) is 12.8 Å². The smallest absolute Gasteiger partial charge is 0.257 e. The summed E-state index contributed by atoms with van der Waals surface area (Å²) in [6, 6.07) is 9.11. The number of carbonyl (C=O) groups is 2. The average Bonchev–Trinajstić information content (AvgIpc) is 3.03. The monoisotopic (exact) mass is 395 g/mol. The number of benzene rings is 1. The SMILES string of the molecule is CCOc1ccc(CC(=O)Nc2cc(C)nn2C2=NC(=O)C(CC)C(C)=N2)cc1. The number of nitrogens with one attached hydrogen (secondary N) is 1. The number of carbonyl (C=O) groups excluding carboxylic acids is 2. The van der Waals surface area contributed by atoms with Crippen LogP contribution in [0.1, 0.15) is 38.4 Å². The maximum absolute atomic E-state index is 12.5. The Morgan fingerprint density at radius 2 is 1.90 bits per heavy atom. The molecule has 3 rings (SSSR count). The van der Waals surface area contributed by atoms with Crippen molar-refractivity contribution < 1.29 is 14.3 Å². The number of ether oxygens (including phenoxy) is 1. The standard InChI is InChI=1S/C21H25N5O3/c1-5-17-14(4)22-21(24-20(17)28)26-18(11-13(3)25-26)23-19(27)12-15-7-9-16(10-8-15)29-6-2/h7-11,17H,5-6,12H2,1-4H3,(H,23,27). The van der Waals surface area contributed by atoms with Crippen LogP contribution in [0.2, 0.25) is 0 Å². The van der Waals surface area contributed by atoms with E-state index in [1.54, 1.807) is 19.9 Å². The maximum atomic E-state index is 12.5. The first kappa shape index (κ1) is 20.4. The van der Waals surface area contributed by atoms with Gasteiger partial charge in [-0.05, 0) is 44.9 Å². The fraction of sp³-hybridized carbons (Fsp3) is 0.381. The molecule has 1 aromatic carbocycles. The van der Waals surface area contributed by atoms with Crippen molar-refractivity contribution >= 4 is 29.3 Å². The van der Waals surface area contributed by atoms with Crippen molar-refractivity contribution in [3.63, 3.8) is 0 Å². The summed E-state index contributed by atoms with van der Waals surface area (Å²) in [6.07, 6.45) is 0.844. The number of hydrogen-bond donors (Lipinski definition) is 1. The zero-order valence-electron chi connectivity index (χ0n) is 17.1. The number of rotatable bonds is 6. The topological polar surface area (TPSA) is 97.9 Å². The highest BCUT2D eigenvalue weighted by atomic mass is 16.5. The van der Waals surface area contributed by atoms with Crippen LogP contribution in [0.25, 0.3) is 0 Å². The lowest BCUT2D eigenvalue weighted by Gasteiger charge is -2.17. The molecule has 1 aliphatic rings. The van der Waals surface area contributed by atoms with Crippen LogP contribution >= 0.6 is 0 Å². The quantitative estimate of drug-likeness (QED) is 0.813. The van der Waals surface area contributed by atoms with Crippen LogP contribution in [0.3, 0.4) is 0 Å². The number of anilines is 1. The average molecular weight is 395 g/mol. The fourth-order valence-corrected chi connectivity index (χ4v) is 3.16. The summed E-state index contributed by atoms with van der Waals surface area (Å²) < 4.78 is 6.82. The van der Waals surface area contributed by atoms with Crippen LogP contribution in [-0.4, -0.2) is 39.9 Å². The molecular formula is C21H25N5O3. The van der Waals surface area contributed by atoms with Gasteiger partial charge in [0.1, 0.15) is 11.6 Å². The van der Waals surface area contributed by atoms with Crippen molar-refractivity contribution in [2.45, 2.75) is 40.5 Å². The molecule has 29 heavy (non-hydrogen) atoms. The lowest BCUT2D eigenvalue weighted by molar-refractivity contribution is -0.120. The first-order valence-electron chi connectivity index (χ1n) is 9.67. The van der Waals surface area contributed by atoms with Crippen molar-refractivity contribution in [2.75, 3.05) is 11.9 Å². The number of aliphatic imine (C=N–C) groups is 2. The Bertz CT molecular complexity index is 973. The molecule has 0 saturated carbocycles. The fourth-order valence-electron chi connectivity index (χ4n) is 3.16. The predicted molar refractivity (Wildman–Crippen MR) is 112 cm³/mol. The van der Waals surface area contributed by atoms with Crippen molar-refractivity contribution in [3.05, 3.63) is 41.6 Å². The summed E-state index contributed by atoms with van der Waals surface area (Å²) in [5, 5.41) is 7.18. The van der Waals surface area contributed by atoms with E-state index in [1.165, 1.54) is 4.68 Å². The summed E-state index contributed by atoms with van der Waals surface area (Å²) >= 11 is 0. The summed E-state index contributed by atoms with van der Waals surface area (Å²) in [5.74, 6) is 0.621. The van der Waals surface area contributed by atoms with E-state index in [9.17, 15) is 9.59 Å².